The zero-order valence-corrected chi connectivity index (χ0v) is 15.1. The highest BCUT2D eigenvalue weighted by molar-refractivity contribution is 9.10. The second kappa shape index (κ2) is 7.97. The second-order valence-corrected chi connectivity index (χ2v) is 6.90. The van der Waals surface area contributed by atoms with Crippen molar-refractivity contribution < 1.29 is 9.53 Å². The Labute approximate surface area is 141 Å². The quantitative estimate of drug-likeness (QED) is 0.868. The number of benzene rings is 1. The molecule has 1 aromatic carbocycles. The van der Waals surface area contributed by atoms with Gasteiger partial charge in [-0.25, -0.2) is 0 Å². The van der Waals surface area contributed by atoms with E-state index in [1.807, 2.05) is 44.0 Å². The Kier molecular flexibility index (Phi) is 6.26. The van der Waals surface area contributed by atoms with Crippen LogP contribution in [-0.2, 0) is 4.79 Å². The van der Waals surface area contributed by atoms with Crippen molar-refractivity contribution in [2.24, 2.45) is 5.92 Å². The molecule has 4 nitrogen and oxygen atoms in total. The molecule has 0 spiro atoms. The van der Waals surface area contributed by atoms with Crippen LogP contribution in [0.2, 0.25) is 0 Å². The van der Waals surface area contributed by atoms with Crippen LogP contribution in [0.3, 0.4) is 0 Å². The van der Waals surface area contributed by atoms with E-state index in [4.69, 9.17) is 4.74 Å². The molecule has 0 saturated carbocycles. The second-order valence-electron chi connectivity index (χ2n) is 6.04. The van der Waals surface area contributed by atoms with Crippen molar-refractivity contribution in [1.29, 1.82) is 0 Å². The summed E-state index contributed by atoms with van der Waals surface area (Å²) in [4.78, 5) is 14.5. The normalized spacial score (nSPS) is 19.8. The van der Waals surface area contributed by atoms with Crippen LogP contribution in [0.4, 0.5) is 0 Å². The lowest BCUT2D eigenvalue weighted by Crippen LogP contribution is -2.47. The molecule has 5 heteroatoms. The number of hydrogen-bond donors (Lipinski definition) is 1. The van der Waals surface area contributed by atoms with Crippen LogP contribution >= 0.6 is 15.9 Å². The Balaban J connectivity index is 1.96. The molecule has 0 unspecified atom stereocenters. The van der Waals surface area contributed by atoms with Crippen LogP contribution in [0.1, 0.15) is 25.3 Å². The number of ether oxygens (including phenoxy) is 1. The highest BCUT2D eigenvalue weighted by atomic mass is 79.9. The number of nitrogens with one attached hydrogen (secondary N) is 1. The summed E-state index contributed by atoms with van der Waals surface area (Å²) in [6.45, 7) is 6.47. The molecule has 22 heavy (non-hydrogen) atoms. The maximum atomic E-state index is 12.6. The number of aryl methyl sites for hydroxylation is 1. The van der Waals surface area contributed by atoms with E-state index in [9.17, 15) is 4.79 Å². The minimum Gasteiger partial charge on any atom is -0.480 e. The van der Waals surface area contributed by atoms with Crippen LogP contribution in [-0.4, -0.2) is 43.6 Å². The summed E-state index contributed by atoms with van der Waals surface area (Å²) < 4.78 is 6.74. The number of hydrogen-bond acceptors (Lipinski definition) is 3. The molecule has 1 aromatic rings. The highest BCUT2D eigenvalue weighted by Crippen LogP contribution is 2.27. The number of carbonyl (C=O) groups is 1. The fraction of sp³-hybridized carbons (Fsp3) is 0.588. The molecule has 0 aromatic heterocycles. The summed E-state index contributed by atoms with van der Waals surface area (Å²) >= 11 is 3.49. The van der Waals surface area contributed by atoms with Gasteiger partial charge in [-0.15, -0.1) is 0 Å². The molecule has 2 atom stereocenters. The Morgan fingerprint density at radius 1 is 1.55 bits per heavy atom. The molecule has 0 aliphatic carbocycles. The van der Waals surface area contributed by atoms with Crippen molar-refractivity contribution in [2.75, 3.05) is 26.7 Å². The summed E-state index contributed by atoms with van der Waals surface area (Å²) in [5.41, 5.74) is 1.16. The van der Waals surface area contributed by atoms with Gasteiger partial charge in [-0.1, -0.05) is 6.07 Å². The molecule has 1 aliphatic heterocycles. The van der Waals surface area contributed by atoms with Crippen molar-refractivity contribution >= 4 is 21.8 Å². The Morgan fingerprint density at radius 3 is 3.00 bits per heavy atom. The number of likely N-dealkylation sites (tertiary alicyclic amines) is 1. The van der Waals surface area contributed by atoms with Gasteiger partial charge < -0.3 is 15.0 Å². The van der Waals surface area contributed by atoms with Gasteiger partial charge in [-0.3, -0.25) is 4.79 Å². The van der Waals surface area contributed by atoms with E-state index in [2.05, 4.69) is 21.2 Å². The van der Waals surface area contributed by atoms with E-state index in [0.29, 0.717) is 5.92 Å². The summed E-state index contributed by atoms with van der Waals surface area (Å²) in [6.07, 6.45) is 1.79. The molecule has 0 bridgehead atoms. The van der Waals surface area contributed by atoms with Gasteiger partial charge in [-0.05, 0) is 79.8 Å². The fourth-order valence-electron chi connectivity index (χ4n) is 2.92. The van der Waals surface area contributed by atoms with Crippen molar-refractivity contribution in [3.63, 3.8) is 0 Å². The first-order valence-corrected chi connectivity index (χ1v) is 8.66. The Hall–Kier alpha value is -1.07. The average Bonchev–Trinajstić information content (AvgIpc) is 2.50. The van der Waals surface area contributed by atoms with E-state index in [1.54, 1.807) is 0 Å². The third kappa shape index (κ3) is 4.46. The lowest BCUT2D eigenvalue weighted by molar-refractivity contribution is -0.139. The van der Waals surface area contributed by atoms with Crippen molar-refractivity contribution in [3.05, 3.63) is 28.2 Å². The van der Waals surface area contributed by atoms with Crippen LogP contribution in [0.15, 0.2) is 22.7 Å². The first kappa shape index (κ1) is 17.3. The van der Waals surface area contributed by atoms with E-state index in [-0.39, 0.29) is 5.91 Å². The molecule has 1 amide bonds. The summed E-state index contributed by atoms with van der Waals surface area (Å²) in [7, 11) is 1.96. The van der Waals surface area contributed by atoms with E-state index >= 15 is 0 Å². The predicted molar refractivity (Wildman–Crippen MR) is 92.2 cm³/mol. The third-order valence-corrected chi connectivity index (χ3v) is 4.68. The Morgan fingerprint density at radius 2 is 2.32 bits per heavy atom. The molecule has 1 saturated heterocycles. The van der Waals surface area contributed by atoms with Crippen molar-refractivity contribution in [3.8, 4) is 5.75 Å². The summed E-state index contributed by atoms with van der Waals surface area (Å²) in [6, 6.07) is 5.89. The smallest absolute Gasteiger partial charge is 0.263 e. The van der Waals surface area contributed by atoms with Gasteiger partial charge in [0, 0.05) is 13.1 Å². The van der Waals surface area contributed by atoms with Gasteiger partial charge in [0.25, 0.3) is 5.91 Å². The minimum atomic E-state index is -0.465. The number of rotatable bonds is 5. The number of amides is 1. The molecule has 2 rings (SSSR count). The van der Waals surface area contributed by atoms with Gasteiger partial charge in [0.05, 0.1) is 4.47 Å². The topological polar surface area (TPSA) is 41.6 Å². The zero-order chi connectivity index (χ0) is 16.1. The number of carbonyl (C=O) groups excluding carboxylic acids is 1. The minimum absolute atomic E-state index is 0.0771. The van der Waals surface area contributed by atoms with Gasteiger partial charge in [-0.2, -0.15) is 0 Å². The molecule has 1 aliphatic rings. The third-order valence-electron chi connectivity index (χ3n) is 4.06. The summed E-state index contributed by atoms with van der Waals surface area (Å²) in [5.74, 6) is 1.34. The van der Waals surface area contributed by atoms with Crippen LogP contribution in [0.25, 0.3) is 0 Å². The lowest BCUT2D eigenvalue weighted by Gasteiger charge is -2.34. The van der Waals surface area contributed by atoms with E-state index in [1.165, 1.54) is 6.42 Å². The molecule has 1 N–H and O–H groups in total. The monoisotopic (exact) mass is 368 g/mol. The molecule has 1 fully saturated rings. The van der Waals surface area contributed by atoms with Gasteiger partial charge >= 0.3 is 0 Å². The van der Waals surface area contributed by atoms with Crippen molar-refractivity contribution in [2.45, 2.75) is 32.8 Å². The predicted octanol–water partition coefficient (Wildman–Crippen LogP) is 2.98. The van der Waals surface area contributed by atoms with Gasteiger partial charge in [0.15, 0.2) is 6.10 Å². The molecular formula is C17H25BrN2O2. The number of nitrogens with zero attached hydrogens (tertiary/aromatic N) is 1. The van der Waals surface area contributed by atoms with E-state index in [0.717, 1.165) is 41.8 Å². The van der Waals surface area contributed by atoms with Crippen molar-refractivity contribution in [1.82, 2.24) is 10.2 Å². The lowest BCUT2D eigenvalue weighted by atomic mass is 9.97. The first-order chi connectivity index (χ1) is 10.5. The molecule has 1 heterocycles. The maximum absolute atomic E-state index is 12.6. The van der Waals surface area contributed by atoms with E-state index < -0.39 is 6.10 Å². The zero-order valence-electron chi connectivity index (χ0n) is 13.6. The van der Waals surface area contributed by atoms with Gasteiger partial charge in [0.2, 0.25) is 0 Å². The van der Waals surface area contributed by atoms with Crippen LogP contribution in [0, 0.1) is 12.8 Å². The standard InChI is InChI=1S/C17H25BrN2O2/c1-12-6-7-16(15(18)9-12)22-13(2)17(21)20-8-4-5-14(11-20)10-19-3/h6-7,9,13-14,19H,4-5,8,10-11H2,1-3H3/t13-,14+/m1/s1. The fourth-order valence-corrected chi connectivity index (χ4v) is 3.51. The SMILES string of the molecule is CNC[C@@H]1CCCN(C(=O)[C@@H](C)Oc2ccc(C)cc2Br)C1. The maximum Gasteiger partial charge on any atom is 0.263 e. The molecular weight excluding hydrogens is 344 g/mol. The van der Waals surface area contributed by atoms with Crippen LogP contribution < -0.4 is 10.1 Å². The summed E-state index contributed by atoms with van der Waals surface area (Å²) in [5, 5.41) is 3.20. The molecule has 0 radical (unpaired) electrons. The first-order valence-electron chi connectivity index (χ1n) is 7.87. The average molecular weight is 369 g/mol. The highest BCUT2D eigenvalue weighted by Gasteiger charge is 2.27. The number of halogens is 1. The largest absolute Gasteiger partial charge is 0.480 e. The number of piperidine rings is 1. The Bertz CT molecular complexity index is 519. The molecule has 122 valence electrons. The van der Waals surface area contributed by atoms with Gasteiger partial charge in [0.1, 0.15) is 5.75 Å². The van der Waals surface area contributed by atoms with Crippen LogP contribution in [0.5, 0.6) is 5.75 Å².